The third-order valence-electron chi connectivity index (χ3n) is 6.38. The molecule has 29 heavy (non-hydrogen) atoms. The van der Waals surface area contributed by atoms with Crippen molar-refractivity contribution in [2.45, 2.75) is 65.3 Å². The summed E-state index contributed by atoms with van der Waals surface area (Å²) in [7, 11) is 0. The maximum atomic E-state index is 13.4. The molecule has 0 aliphatic carbocycles. The molecule has 0 spiro atoms. The maximum absolute atomic E-state index is 13.4. The molecular weight excluding hydrogens is 378 g/mol. The van der Waals surface area contributed by atoms with Crippen molar-refractivity contribution in [3.05, 3.63) is 39.2 Å². The summed E-state index contributed by atoms with van der Waals surface area (Å²) in [5.74, 6) is 0.282. The number of rotatable bonds is 5. The van der Waals surface area contributed by atoms with Crippen molar-refractivity contribution in [2.24, 2.45) is 0 Å². The van der Waals surface area contributed by atoms with Crippen LogP contribution in [0.4, 0.5) is 0 Å². The van der Waals surface area contributed by atoms with Crippen molar-refractivity contribution in [3.8, 4) is 11.3 Å². The van der Waals surface area contributed by atoms with Crippen molar-refractivity contribution in [3.63, 3.8) is 0 Å². The van der Waals surface area contributed by atoms with Crippen LogP contribution in [0.25, 0.3) is 11.3 Å². The van der Waals surface area contributed by atoms with Crippen LogP contribution < -0.4 is 0 Å². The van der Waals surface area contributed by atoms with Crippen LogP contribution in [0, 0.1) is 20.8 Å². The Morgan fingerprint density at radius 1 is 1.10 bits per heavy atom. The predicted octanol–water partition coefficient (Wildman–Crippen LogP) is 4.75. The van der Waals surface area contributed by atoms with Gasteiger partial charge >= 0.3 is 0 Å². The van der Waals surface area contributed by atoms with Crippen molar-refractivity contribution < 1.29 is 4.79 Å². The first-order chi connectivity index (χ1) is 14.0. The number of piperidine rings is 1. The van der Waals surface area contributed by atoms with Crippen LogP contribution in [0.1, 0.15) is 53.1 Å². The molecule has 1 amide bonds. The Morgan fingerprint density at radius 2 is 1.86 bits per heavy atom. The number of hydrogen-bond acceptors (Lipinski definition) is 4. The van der Waals surface area contributed by atoms with Crippen LogP contribution in [0.5, 0.6) is 0 Å². The summed E-state index contributed by atoms with van der Waals surface area (Å²) in [6.07, 6.45) is 6.61. The van der Waals surface area contributed by atoms with Gasteiger partial charge in [-0.3, -0.25) is 4.79 Å². The molecule has 4 nitrogen and oxygen atoms in total. The van der Waals surface area contributed by atoms with Gasteiger partial charge in [-0.25, -0.2) is 4.98 Å². The van der Waals surface area contributed by atoms with Gasteiger partial charge in [0.15, 0.2) is 0 Å². The molecule has 2 fully saturated rings. The second-order valence-electron chi connectivity index (χ2n) is 8.74. The molecule has 5 heteroatoms. The van der Waals surface area contributed by atoms with Gasteiger partial charge in [-0.05, 0) is 77.6 Å². The van der Waals surface area contributed by atoms with Crippen molar-refractivity contribution in [2.75, 3.05) is 26.2 Å². The van der Waals surface area contributed by atoms with E-state index < -0.39 is 0 Å². The molecule has 2 saturated heterocycles. The van der Waals surface area contributed by atoms with Gasteiger partial charge in [-0.2, -0.15) is 0 Å². The average Bonchev–Trinajstić information content (AvgIpc) is 3.33. The van der Waals surface area contributed by atoms with Gasteiger partial charge in [0.1, 0.15) is 0 Å². The van der Waals surface area contributed by atoms with Crippen molar-refractivity contribution in [1.82, 2.24) is 14.8 Å². The van der Waals surface area contributed by atoms with Gasteiger partial charge in [0.25, 0.3) is 0 Å². The number of hydrogen-bond donors (Lipinski definition) is 0. The quantitative estimate of drug-likeness (QED) is 0.712. The molecular formula is C24H33N3OS. The lowest BCUT2D eigenvalue weighted by Gasteiger charge is -2.38. The number of aryl methyl sites for hydroxylation is 3. The van der Waals surface area contributed by atoms with Crippen molar-refractivity contribution >= 4 is 17.2 Å². The summed E-state index contributed by atoms with van der Waals surface area (Å²) in [5, 5.41) is 1.04. The summed E-state index contributed by atoms with van der Waals surface area (Å²) in [6.45, 7) is 10.7. The van der Waals surface area contributed by atoms with Gasteiger partial charge < -0.3 is 9.80 Å². The number of thiazole rings is 1. The summed E-state index contributed by atoms with van der Waals surface area (Å²) in [6, 6.07) is 6.88. The van der Waals surface area contributed by atoms with Crippen LogP contribution in [0.3, 0.4) is 0 Å². The third kappa shape index (κ3) is 4.72. The van der Waals surface area contributed by atoms with Gasteiger partial charge in [-0.15, -0.1) is 11.3 Å². The summed E-state index contributed by atoms with van der Waals surface area (Å²) >= 11 is 1.68. The molecule has 2 aliphatic rings. The zero-order chi connectivity index (χ0) is 20.4. The topological polar surface area (TPSA) is 36.4 Å². The molecule has 1 aromatic carbocycles. The van der Waals surface area contributed by atoms with Gasteiger partial charge in [0.2, 0.25) is 5.91 Å². The molecule has 0 bridgehead atoms. The second kappa shape index (κ2) is 8.97. The first-order valence-electron chi connectivity index (χ1n) is 11.1. The van der Waals surface area contributed by atoms with Crippen LogP contribution in [0.15, 0.2) is 18.2 Å². The van der Waals surface area contributed by atoms with Gasteiger partial charge in [0.05, 0.1) is 17.1 Å². The van der Waals surface area contributed by atoms with E-state index in [1.54, 1.807) is 11.3 Å². The Balaban J connectivity index is 1.53. The molecule has 2 aliphatic heterocycles. The number of benzene rings is 1. The minimum Gasteiger partial charge on any atom is -0.338 e. The van der Waals surface area contributed by atoms with Gasteiger partial charge in [0, 0.05) is 29.6 Å². The zero-order valence-corrected chi connectivity index (χ0v) is 18.9. The van der Waals surface area contributed by atoms with E-state index in [0.29, 0.717) is 12.5 Å². The lowest BCUT2D eigenvalue weighted by molar-refractivity contribution is -0.134. The molecule has 3 heterocycles. The lowest BCUT2D eigenvalue weighted by Crippen LogP contribution is -2.49. The number of carbonyl (C=O) groups excluding carboxylic acids is 1. The molecule has 0 N–H and O–H groups in total. The van der Waals surface area contributed by atoms with E-state index in [-0.39, 0.29) is 5.91 Å². The van der Waals surface area contributed by atoms with E-state index >= 15 is 0 Å². The zero-order valence-electron chi connectivity index (χ0n) is 18.0. The molecule has 156 valence electrons. The van der Waals surface area contributed by atoms with E-state index in [1.807, 2.05) is 6.92 Å². The van der Waals surface area contributed by atoms with Crippen molar-refractivity contribution in [1.29, 1.82) is 0 Å². The average molecular weight is 412 g/mol. The summed E-state index contributed by atoms with van der Waals surface area (Å²) < 4.78 is 0. The summed E-state index contributed by atoms with van der Waals surface area (Å²) in [4.78, 5) is 24.1. The van der Waals surface area contributed by atoms with Crippen LogP contribution >= 0.6 is 11.3 Å². The Kier molecular flexibility index (Phi) is 6.35. The largest absolute Gasteiger partial charge is 0.338 e. The van der Waals surface area contributed by atoms with Crippen LogP contribution in [-0.4, -0.2) is 52.9 Å². The van der Waals surface area contributed by atoms with Crippen LogP contribution in [-0.2, 0) is 11.2 Å². The fourth-order valence-electron chi connectivity index (χ4n) is 4.81. The molecule has 1 atom stereocenters. The lowest BCUT2D eigenvalue weighted by atomic mass is 9.99. The highest BCUT2D eigenvalue weighted by Gasteiger charge is 2.30. The monoisotopic (exact) mass is 411 g/mol. The van der Waals surface area contributed by atoms with E-state index in [2.05, 4.69) is 41.8 Å². The number of amides is 1. The van der Waals surface area contributed by atoms with E-state index in [4.69, 9.17) is 4.98 Å². The Hall–Kier alpha value is -1.72. The number of aromatic nitrogens is 1. The Bertz CT molecular complexity index is 869. The first-order valence-corrected chi connectivity index (χ1v) is 11.9. The fraction of sp³-hybridized carbons (Fsp3) is 0.583. The molecule has 0 radical (unpaired) electrons. The first kappa shape index (κ1) is 20.5. The standard InChI is InChI=1S/C24H33N3OS/c1-17-9-10-18(2)21(14-17)24-22(29-19(3)25-24)15-23(28)27-13-5-4-8-20(27)16-26-11-6-7-12-26/h9-10,14,20H,4-8,11-13,15-16H2,1-3H3. The SMILES string of the molecule is Cc1ccc(C)c(-c2nc(C)sc2CC(=O)N2CCCCC2CN2CCCC2)c1. The number of nitrogens with zero attached hydrogens (tertiary/aromatic N) is 3. The third-order valence-corrected chi connectivity index (χ3v) is 7.35. The van der Waals surface area contributed by atoms with Gasteiger partial charge in [-0.1, -0.05) is 17.7 Å². The highest BCUT2D eigenvalue weighted by Crippen LogP contribution is 2.32. The normalized spacial score (nSPS) is 20.4. The summed E-state index contributed by atoms with van der Waals surface area (Å²) in [5.41, 5.74) is 4.63. The number of carbonyl (C=O) groups is 1. The maximum Gasteiger partial charge on any atom is 0.228 e. The van der Waals surface area contributed by atoms with Crippen LogP contribution in [0.2, 0.25) is 0 Å². The Labute approximate surface area is 178 Å². The van der Waals surface area contributed by atoms with E-state index in [0.717, 1.165) is 41.5 Å². The number of likely N-dealkylation sites (tertiary alicyclic amines) is 2. The fourth-order valence-corrected chi connectivity index (χ4v) is 5.75. The minimum atomic E-state index is 0.282. The molecule has 0 saturated carbocycles. The van der Waals surface area contributed by atoms with E-state index in [1.165, 1.54) is 49.0 Å². The minimum absolute atomic E-state index is 0.282. The Morgan fingerprint density at radius 3 is 2.66 bits per heavy atom. The highest BCUT2D eigenvalue weighted by atomic mass is 32.1. The molecule has 4 rings (SSSR count). The molecule has 1 aromatic heterocycles. The molecule has 2 aromatic rings. The highest BCUT2D eigenvalue weighted by molar-refractivity contribution is 7.12. The molecule has 1 unspecified atom stereocenters. The smallest absolute Gasteiger partial charge is 0.228 e. The predicted molar refractivity (Wildman–Crippen MR) is 120 cm³/mol. The van der Waals surface area contributed by atoms with E-state index in [9.17, 15) is 4.79 Å². The second-order valence-corrected chi connectivity index (χ2v) is 10.0.